The summed E-state index contributed by atoms with van der Waals surface area (Å²) in [5, 5.41) is 0.176. The quantitative estimate of drug-likeness (QED) is 0.880. The second-order valence-corrected chi connectivity index (χ2v) is 6.20. The molecule has 0 amide bonds. The van der Waals surface area contributed by atoms with Crippen LogP contribution < -0.4 is 15.2 Å². The molecular formula is C16H18N2O2S. The van der Waals surface area contributed by atoms with Crippen LogP contribution in [0.5, 0.6) is 11.5 Å². The zero-order valence-electron chi connectivity index (χ0n) is 11.9. The summed E-state index contributed by atoms with van der Waals surface area (Å²) in [5.74, 6) is 1.62. The Morgan fingerprint density at radius 3 is 2.52 bits per heavy atom. The van der Waals surface area contributed by atoms with E-state index in [1.165, 1.54) is 5.56 Å². The van der Waals surface area contributed by atoms with Crippen molar-refractivity contribution in [2.24, 2.45) is 5.73 Å². The SMILES string of the molecule is CC(N)C(Sc1ccc2c(c1)OCCO2)c1ccncc1. The molecule has 0 bridgehead atoms. The molecule has 1 aromatic heterocycles. The zero-order valence-corrected chi connectivity index (χ0v) is 12.7. The highest BCUT2D eigenvalue weighted by molar-refractivity contribution is 7.99. The van der Waals surface area contributed by atoms with Crippen LogP contribution in [0.1, 0.15) is 17.7 Å². The van der Waals surface area contributed by atoms with Gasteiger partial charge in [-0.1, -0.05) is 0 Å². The van der Waals surface area contributed by atoms with Crippen molar-refractivity contribution in [1.29, 1.82) is 0 Å². The third-order valence-corrected chi connectivity index (χ3v) is 4.77. The van der Waals surface area contributed by atoms with Crippen LogP contribution in [0.2, 0.25) is 0 Å². The lowest BCUT2D eigenvalue weighted by molar-refractivity contribution is 0.171. The molecule has 0 saturated carbocycles. The normalized spacial score (nSPS) is 16.3. The number of ether oxygens (including phenoxy) is 2. The summed E-state index contributed by atoms with van der Waals surface area (Å²) < 4.78 is 11.2. The van der Waals surface area contributed by atoms with Crippen LogP contribution in [-0.4, -0.2) is 24.2 Å². The molecule has 0 radical (unpaired) electrons. The first-order chi connectivity index (χ1) is 10.2. The molecule has 2 N–H and O–H groups in total. The van der Waals surface area contributed by atoms with Gasteiger partial charge in [-0.3, -0.25) is 4.98 Å². The van der Waals surface area contributed by atoms with Crippen molar-refractivity contribution in [2.75, 3.05) is 13.2 Å². The fraction of sp³-hybridized carbons (Fsp3) is 0.312. The monoisotopic (exact) mass is 302 g/mol. The highest BCUT2D eigenvalue weighted by Gasteiger charge is 2.19. The maximum absolute atomic E-state index is 6.16. The van der Waals surface area contributed by atoms with Crippen molar-refractivity contribution < 1.29 is 9.47 Å². The van der Waals surface area contributed by atoms with Gasteiger partial charge in [0.15, 0.2) is 11.5 Å². The van der Waals surface area contributed by atoms with Gasteiger partial charge in [-0.25, -0.2) is 0 Å². The highest BCUT2D eigenvalue weighted by Crippen LogP contribution is 2.41. The minimum absolute atomic E-state index is 0.0330. The van der Waals surface area contributed by atoms with Crippen molar-refractivity contribution in [3.05, 3.63) is 48.3 Å². The van der Waals surface area contributed by atoms with E-state index in [0.717, 1.165) is 16.4 Å². The van der Waals surface area contributed by atoms with E-state index in [9.17, 15) is 0 Å². The molecule has 3 rings (SSSR count). The van der Waals surface area contributed by atoms with Crippen molar-refractivity contribution in [2.45, 2.75) is 23.1 Å². The lowest BCUT2D eigenvalue weighted by Crippen LogP contribution is -2.22. The average molecular weight is 302 g/mol. The van der Waals surface area contributed by atoms with Gasteiger partial charge >= 0.3 is 0 Å². The Hall–Kier alpha value is -1.72. The Morgan fingerprint density at radius 2 is 1.81 bits per heavy atom. The van der Waals surface area contributed by atoms with E-state index in [-0.39, 0.29) is 11.3 Å². The number of hydrogen-bond acceptors (Lipinski definition) is 5. The van der Waals surface area contributed by atoms with Gasteiger partial charge in [-0.05, 0) is 42.8 Å². The molecule has 2 heterocycles. The van der Waals surface area contributed by atoms with E-state index >= 15 is 0 Å². The number of benzene rings is 1. The van der Waals surface area contributed by atoms with Crippen LogP contribution in [-0.2, 0) is 0 Å². The van der Waals surface area contributed by atoms with Crippen LogP contribution in [0.25, 0.3) is 0 Å². The van der Waals surface area contributed by atoms with Gasteiger partial charge in [0.25, 0.3) is 0 Å². The maximum Gasteiger partial charge on any atom is 0.162 e. The fourth-order valence-corrected chi connectivity index (χ4v) is 3.40. The van der Waals surface area contributed by atoms with Gasteiger partial charge in [0.2, 0.25) is 0 Å². The van der Waals surface area contributed by atoms with E-state index in [4.69, 9.17) is 15.2 Å². The smallest absolute Gasteiger partial charge is 0.162 e. The van der Waals surface area contributed by atoms with E-state index in [2.05, 4.69) is 11.1 Å². The Morgan fingerprint density at radius 1 is 1.10 bits per heavy atom. The van der Waals surface area contributed by atoms with E-state index in [1.54, 1.807) is 24.2 Å². The summed E-state index contributed by atoms with van der Waals surface area (Å²) >= 11 is 1.73. The molecule has 1 aromatic carbocycles. The van der Waals surface area contributed by atoms with E-state index in [1.807, 2.05) is 31.2 Å². The molecule has 2 aromatic rings. The number of hydrogen-bond donors (Lipinski definition) is 1. The summed E-state index contributed by atoms with van der Waals surface area (Å²) in [7, 11) is 0. The van der Waals surface area contributed by atoms with Gasteiger partial charge in [0, 0.05) is 28.6 Å². The predicted octanol–water partition coefficient (Wildman–Crippen LogP) is 3.03. The standard InChI is InChI=1S/C16H18N2O2S/c1-11(17)16(12-4-6-18-7-5-12)21-13-2-3-14-15(10-13)20-9-8-19-14/h2-7,10-11,16H,8-9,17H2,1H3. The minimum atomic E-state index is 0.0330. The molecule has 110 valence electrons. The lowest BCUT2D eigenvalue weighted by Gasteiger charge is -2.22. The van der Waals surface area contributed by atoms with Gasteiger partial charge < -0.3 is 15.2 Å². The average Bonchev–Trinajstić information content (AvgIpc) is 2.53. The van der Waals surface area contributed by atoms with Gasteiger partial charge in [-0.2, -0.15) is 0 Å². The third-order valence-electron chi connectivity index (χ3n) is 3.29. The van der Waals surface area contributed by atoms with Gasteiger partial charge in [-0.15, -0.1) is 11.8 Å². The summed E-state index contributed by atoms with van der Waals surface area (Å²) in [6, 6.07) is 10.1. The second kappa shape index (κ2) is 6.37. The lowest BCUT2D eigenvalue weighted by atomic mass is 10.1. The molecular weight excluding hydrogens is 284 g/mol. The van der Waals surface area contributed by atoms with Crippen LogP contribution in [0.15, 0.2) is 47.6 Å². The van der Waals surface area contributed by atoms with Crippen LogP contribution in [0.4, 0.5) is 0 Å². The number of rotatable bonds is 4. The summed E-state index contributed by atoms with van der Waals surface area (Å²) in [6.07, 6.45) is 3.60. The molecule has 0 fully saturated rings. The summed E-state index contributed by atoms with van der Waals surface area (Å²) in [4.78, 5) is 5.19. The minimum Gasteiger partial charge on any atom is -0.486 e. The highest BCUT2D eigenvalue weighted by atomic mass is 32.2. The summed E-state index contributed by atoms with van der Waals surface area (Å²) in [5.41, 5.74) is 7.34. The van der Waals surface area contributed by atoms with Crippen molar-refractivity contribution in [1.82, 2.24) is 4.98 Å². The Balaban J connectivity index is 1.83. The number of pyridine rings is 1. The number of nitrogens with zero attached hydrogens (tertiary/aromatic N) is 1. The van der Waals surface area contributed by atoms with Gasteiger partial charge in [0.05, 0.1) is 0 Å². The Kier molecular flexibility index (Phi) is 4.31. The van der Waals surface area contributed by atoms with E-state index < -0.39 is 0 Å². The van der Waals surface area contributed by atoms with Crippen molar-refractivity contribution in [3.63, 3.8) is 0 Å². The first-order valence-electron chi connectivity index (χ1n) is 6.96. The van der Waals surface area contributed by atoms with Crippen LogP contribution in [0, 0.1) is 0 Å². The molecule has 1 aliphatic heterocycles. The first kappa shape index (κ1) is 14.2. The van der Waals surface area contributed by atoms with Crippen molar-refractivity contribution in [3.8, 4) is 11.5 Å². The maximum atomic E-state index is 6.16. The van der Waals surface area contributed by atoms with Gasteiger partial charge in [0.1, 0.15) is 13.2 Å². The topological polar surface area (TPSA) is 57.4 Å². The molecule has 0 aliphatic carbocycles. The molecule has 2 atom stereocenters. The zero-order chi connectivity index (χ0) is 14.7. The molecule has 0 saturated heterocycles. The fourth-order valence-electron chi connectivity index (χ4n) is 2.28. The number of aromatic nitrogens is 1. The molecule has 4 nitrogen and oxygen atoms in total. The van der Waals surface area contributed by atoms with Crippen LogP contribution in [0.3, 0.4) is 0 Å². The molecule has 5 heteroatoms. The number of thioether (sulfide) groups is 1. The largest absolute Gasteiger partial charge is 0.486 e. The van der Waals surface area contributed by atoms with E-state index in [0.29, 0.717) is 13.2 Å². The number of nitrogens with two attached hydrogens (primary N) is 1. The molecule has 21 heavy (non-hydrogen) atoms. The number of fused-ring (bicyclic) bond motifs is 1. The predicted molar refractivity (Wildman–Crippen MR) is 83.9 cm³/mol. The Bertz CT molecular complexity index is 604. The summed E-state index contributed by atoms with van der Waals surface area (Å²) in [6.45, 7) is 3.23. The van der Waals surface area contributed by atoms with Crippen molar-refractivity contribution >= 4 is 11.8 Å². The Labute approximate surface area is 128 Å². The second-order valence-electron chi connectivity index (χ2n) is 4.98. The first-order valence-corrected chi connectivity index (χ1v) is 7.84. The molecule has 2 unspecified atom stereocenters. The molecule has 1 aliphatic rings. The third kappa shape index (κ3) is 3.31. The van der Waals surface area contributed by atoms with Crippen LogP contribution >= 0.6 is 11.8 Å². The molecule has 0 spiro atoms.